The summed E-state index contributed by atoms with van der Waals surface area (Å²) in [6, 6.07) is 14.4. The Labute approximate surface area is 211 Å². The molecule has 1 aromatic heterocycles. The van der Waals surface area contributed by atoms with Crippen molar-refractivity contribution in [1.82, 2.24) is 15.0 Å². The zero-order chi connectivity index (χ0) is 25.5. The Morgan fingerprint density at radius 1 is 1.08 bits per heavy atom. The molecule has 9 nitrogen and oxygen atoms in total. The van der Waals surface area contributed by atoms with E-state index in [2.05, 4.69) is 22.2 Å². The van der Waals surface area contributed by atoms with Gasteiger partial charge in [0, 0.05) is 24.0 Å². The van der Waals surface area contributed by atoms with Gasteiger partial charge >= 0.3 is 0 Å². The van der Waals surface area contributed by atoms with Crippen LogP contribution >= 0.6 is 0 Å². The number of amides is 1. The second-order valence-electron chi connectivity index (χ2n) is 8.56. The standard InChI is InChI=1S/C26H27N5O4S/c1-2-20-13-23(16-32)31(30-25(20)21-7-3-19(4-8-21)17-36(34)35)15-18-5-9-22(10-6-18)29-26(33)24-14-27-11-12-28-24/h3-12,14,16,20,23,36H,2,13,15,17H2,1H3,(H,29,33). The van der Waals surface area contributed by atoms with Gasteiger partial charge in [-0.2, -0.15) is 5.10 Å². The predicted molar refractivity (Wildman–Crippen MR) is 137 cm³/mol. The van der Waals surface area contributed by atoms with Gasteiger partial charge in [0.2, 0.25) is 0 Å². The molecule has 10 heteroatoms. The van der Waals surface area contributed by atoms with Gasteiger partial charge < -0.3 is 10.1 Å². The van der Waals surface area contributed by atoms with Crippen LogP contribution < -0.4 is 5.32 Å². The highest BCUT2D eigenvalue weighted by atomic mass is 32.2. The van der Waals surface area contributed by atoms with Crippen LogP contribution in [0.15, 0.2) is 72.2 Å². The van der Waals surface area contributed by atoms with E-state index in [9.17, 15) is 18.0 Å². The van der Waals surface area contributed by atoms with E-state index in [1.807, 2.05) is 24.3 Å². The van der Waals surface area contributed by atoms with Crippen LogP contribution in [0.5, 0.6) is 0 Å². The van der Waals surface area contributed by atoms with E-state index in [-0.39, 0.29) is 29.3 Å². The molecule has 0 radical (unpaired) electrons. The number of hydrogen-bond donors (Lipinski definition) is 2. The lowest BCUT2D eigenvalue weighted by atomic mass is 9.87. The predicted octanol–water partition coefficient (Wildman–Crippen LogP) is 3.04. The number of aldehydes is 1. The van der Waals surface area contributed by atoms with Gasteiger partial charge in [0.15, 0.2) is 0 Å². The maximum atomic E-state index is 12.3. The molecule has 2 aromatic carbocycles. The third-order valence-electron chi connectivity index (χ3n) is 6.10. The fraction of sp³-hybridized carbons (Fsp3) is 0.269. The van der Waals surface area contributed by atoms with Crippen molar-refractivity contribution in [3.05, 3.63) is 89.5 Å². The Hall–Kier alpha value is -3.92. The Kier molecular flexibility index (Phi) is 8.17. The SMILES string of the molecule is CCC1CC(C=O)N(Cc2ccc(NC(=O)c3cnccn3)cc2)N=C1c1ccc(C[SH](=O)=O)cc1. The summed E-state index contributed by atoms with van der Waals surface area (Å²) in [4.78, 5) is 32.1. The lowest BCUT2D eigenvalue weighted by Gasteiger charge is -2.35. The van der Waals surface area contributed by atoms with E-state index in [0.717, 1.165) is 35.1 Å². The summed E-state index contributed by atoms with van der Waals surface area (Å²) in [6.45, 7) is 2.50. The van der Waals surface area contributed by atoms with Crippen molar-refractivity contribution in [2.24, 2.45) is 11.0 Å². The summed E-state index contributed by atoms with van der Waals surface area (Å²) >= 11 is 0. The normalized spacial score (nSPS) is 17.5. The molecule has 2 heterocycles. The zero-order valence-electron chi connectivity index (χ0n) is 19.8. The summed E-state index contributed by atoms with van der Waals surface area (Å²) in [5.41, 5.74) is 4.33. The van der Waals surface area contributed by atoms with Crippen molar-refractivity contribution in [1.29, 1.82) is 0 Å². The number of hydrazone groups is 1. The molecule has 36 heavy (non-hydrogen) atoms. The molecule has 1 amide bonds. The molecule has 0 spiro atoms. The number of thiol groups is 1. The number of carbonyl (C=O) groups is 2. The molecule has 0 fully saturated rings. The lowest BCUT2D eigenvalue weighted by molar-refractivity contribution is -0.113. The fourth-order valence-electron chi connectivity index (χ4n) is 4.17. The van der Waals surface area contributed by atoms with Crippen LogP contribution in [0, 0.1) is 5.92 Å². The van der Waals surface area contributed by atoms with Crippen LogP contribution in [0.4, 0.5) is 5.69 Å². The van der Waals surface area contributed by atoms with Crippen LogP contribution in [-0.4, -0.2) is 47.3 Å². The molecule has 2 unspecified atom stereocenters. The fourth-order valence-corrected chi connectivity index (χ4v) is 4.68. The smallest absolute Gasteiger partial charge is 0.275 e. The van der Waals surface area contributed by atoms with Crippen molar-refractivity contribution >= 4 is 34.3 Å². The number of rotatable bonds is 9. The second kappa shape index (κ2) is 11.7. The van der Waals surface area contributed by atoms with Crippen LogP contribution in [0.1, 0.15) is 46.9 Å². The number of carbonyl (C=O) groups excluding carboxylic acids is 2. The molecule has 186 valence electrons. The summed E-state index contributed by atoms with van der Waals surface area (Å²) in [5, 5.41) is 9.45. The van der Waals surface area contributed by atoms with E-state index in [1.54, 1.807) is 29.3 Å². The van der Waals surface area contributed by atoms with Crippen molar-refractivity contribution in [2.75, 3.05) is 5.32 Å². The number of nitrogens with zero attached hydrogens (tertiary/aromatic N) is 4. The first kappa shape index (κ1) is 25.2. The molecule has 0 bridgehead atoms. The molecule has 3 aromatic rings. The van der Waals surface area contributed by atoms with Gasteiger partial charge in [0.05, 0.1) is 24.2 Å². The number of benzene rings is 2. The molecule has 0 saturated carbocycles. The van der Waals surface area contributed by atoms with Gasteiger partial charge in [-0.05, 0) is 41.7 Å². The minimum atomic E-state index is -2.48. The third-order valence-corrected chi connectivity index (χ3v) is 6.72. The minimum Gasteiger partial charge on any atom is -0.321 e. The Balaban J connectivity index is 1.51. The zero-order valence-corrected chi connectivity index (χ0v) is 20.7. The average molecular weight is 506 g/mol. The van der Waals surface area contributed by atoms with Crippen molar-refractivity contribution in [3.63, 3.8) is 0 Å². The molecule has 1 aliphatic rings. The molecular weight excluding hydrogens is 478 g/mol. The Bertz CT molecular complexity index is 1300. The van der Waals surface area contributed by atoms with Gasteiger partial charge in [0.25, 0.3) is 5.91 Å². The molecule has 1 aliphatic heterocycles. The summed E-state index contributed by atoms with van der Waals surface area (Å²) in [7, 11) is -2.48. The Morgan fingerprint density at radius 2 is 1.81 bits per heavy atom. The summed E-state index contributed by atoms with van der Waals surface area (Å²) < 4.78 is 22.1. The first-order valence-electron chi connectivity index (χ1n) is 11.6. The van der Waals surface area contributed by atoms with Gasteiger partial charge in [-0.15, -0.1) is 0 Å². The lowest BCUT2D eigenvalue weighted by Crippen LogP contribution is -2.41. The van der Waals surface area contributed by atoms with E-state index < -0.39 is 10.7 Å². The maximum Gasteiger partial charge on any atom is 0.275 e. The van der Waals surface area contributed by atoms with Crippen molar-refractivity contribution in [3.8, 4) is 0 Å². The van der Waals surface area contributed by atoms with Gasteiger partial charge in [0.1, 0.15) is 28.7 Å². The molecule has 0 saturated heterocycles. The number of hydrogen-bond acceptors (Lipinski definition) is 8. The maximum absolute atomic E-state index is 12.3. The first-order valence-corrected chi connectivity index (χ1v) is 13.0. The second-order valence-corrected chi connectivity index (χ2v) is 9.54. The van der Waals surface area contributed by atoms with Crippen molar-refractivity contribution in [2.45, 2.75) is 38.1 Å². The van der Waals surface area contributed by atoms with Crippen LogP contribution in [0.3, 0.4) is 0 Å². The van der Waals surface area contributed by atoms with Crippen molar-refractivity contribution < 1.29 is 18.0 Å². The third kappa shape index (κ3) is 6.19. The largest absolute Gasteiger partial charge is 0.321 e. The molecule has 2 atom stereocenters. The average Bonchev–Trinajstić information content (AvgIpc) is 2.90. The van der Waals surface area contributed by atoms with E-state index in [0.29, 0.717) is 18.7 Å². The number of anilines is 1. The van der Waals surface area contributed by atoms with Gasteiger partial charge in [-0.25, -0.2) is 13.4 Å². The number of nitrogens with one attached hydrogen (secondary N) is 1. The molecule has 0 aliphatic carbocycles. The highest BCUT2D eigenvalue weighted by molar-refractivity contribution is 7.71. The van der Waals surface area contributed by atoms with Crippen LogP contribution in [0.2, 0.25) is 0 Å². The van der Waals surface area contributed by atoms with E-state index in [1.165, 1.54) is 18.6 Å². The molecular formula is C26H27N5O4S. The number of aromatic nitrogens is 2. The topological polar surface area (TPSA) is 122 Å². The van der Waals surface area contributed by atoms with Crippen LogP contribution in [0.25, 0.3) is 0 Å². The highest BCUT2D eigenvalue weighted by Gasteiger charge is 2.30. The molecule has 1 N–H and O–H groups in total. The Morgan fingerprint density at radius 3 is 2.42 bits per heavy atom. The summed E-state index contributed by atoms with van der Waals surface area (Å²) in [5.74, 6) is -0.216. The first-order chi connectivity index (χ1) is 17.5. The van der Waals surface area contributed by atoms with Crippen LogP contribution in [-0.2, 0) is 27.8 Å². The minimum absolute atomic E-state index is 0.00777. The van der Waals surface area contributed by atoms with Gasteiger partial charge in [-0.1, -0.05) is 43.3 Å². The van der Waals surface area contributed by atoms with E-state index >= 15 is 0 Å². The van der Waals surface area contributed by atoms with E-state index in [4.69, 9.17) is 5.10 Å². The summed E-state index contributed by atoms with van der Waals surface area (Å²) in [6.07, 6.45) is 6.79. The molecule has 4 rings (SSSR count). The highest BCUT2D eigenvalue weighted by Crippen LogP contribution is 2.28. The van der Waals surface area contributed by atoms with Gasteiger partial charge in [-0.3, -0.25) is 14.8 Å². The quantitative estimate of drug-likeness (QED) is 0.339. The monoisotopic (exact) mass is 505 g/mol.